The van der Waals surface area contributed by atoms with Gasteiger partial charge in [0.25, 0.3) is 0 Å². The van der Waals surface area contributed by atoms with Crippen molar-refractivity contribution in [3.63, 3.8) is 0 Å². The number of anilines is 3. The van der Waals surface area contributed by atoms with Crippen LogP contribution < -0.4 is 30.7 Å². The highest BCUT2D eigenvalue weighted by Crippen LogP contribution is 2.52. The first-order valence-corrected chi connectivity index (χ1v) is 26.5. The van der Waals surface area contributed by atoms with E-state index in [2.05, 4.69) is 16.0 Å². The summed E-state index contributed by atoms with van der Waals surface area (Å²) in [6, 6.07) is 17.6. The third kappa shape index (κ3) is 24.2. The van der Waals surface area contributed by atoms with Crippen molar-refractivity contribution in [2.45, 2.75) is 178 Å². The Hall–Kier alpha value is -7.60. The number of hydrogen-bond acceptors (Lipinski definition) is 19. The van der Waals surface area contributed by atoms with Gasteiger partial charge in [0, 0.05) is 0 Å². The number of rotatable bonds is 12. The van der Waals surface area contributed by atoms with Gasteiger partial charge in [-0.1, -0.05) is 36.4 Å². The fourth-order valence-electron chi connectivity index (χ4n) is 6.20. The van der Waals surface area contributed by atoms with Gasteiger partial charge in [-0.2, -0.15) is 0 Å². The Morgan fingerprint density at radius 3 is 0.800 bits per heavy atom. The van der Waals surface area contributed by atoms with Gasteiger partial charge >= 0.3 is 44.4 Å². The molecule has 0 saturated carbocycles. The molecular weight excluding hydrogens is 1060 g/mol. The first-order valence-electron chi connectivity index (χ1n) is 25.1. The summed E-state index contributed by atoms with van der Waals surface area (Å²) in [4.78, 5) is 81.6. The maximum Gasteiger partial charge on any atom is 0.475 e. The predicted molar refractivity (Wildman–Crippen MR) is 299 cm³/mol. The van der Waals surface area contributed by atoms with E-state index in [0.29, 0.717) is 0 Å². The number of carbonyl (C=O) groups is 6. The molecule has 0 saturated heterocycles. The van der Waals surface area contributed by atoms with Gasteiger partial charge in [-0.15, -0.1) is 0 Å². The lowest BCUT2D eigenvalue weighted by molar-refractivity contribution is 0.0539. The highest BCUT2D eigenvalue weighted by atomic mass is 31.2. The first kappa shape index (κ1) is 66.7. The van der Waals surface area contributed by atoms with Crippen LogP contribution in [-0.2, 0) is 66.4 Å². The van der Waals surface area contributed by atoms with Gasteiger partial charge in [0.15, 0.2) is 0 Å². The van der Waals surface area contributed by atoms with Crippen LogP contribution in [0.3, 0.4) is 0 Å². The summed E-state index contributed by atoms with van der Waals surface area (Å²) in [7, 11) is -4.81. The molecule has 25 nitrogen and oxygen atoms in total. The van der Waals surface area contributed by atoms with E-state index in [1.165, 1.54) is 72.8 Å². The zero-order valence-corrected chi connectivity index (χ0v) is 49.8. The number of benzene rings is 3. The molecule has 0 fully saturated rings. The van der Waals surface area contributed by atoms with Crippen LogP contribution in [0, 0.1) is 16.2 Å². The Balaban J connectivity index is 2.13. The van der Waals surface area contributed by atoms with Gasteiger partial charge in [-0.3, -0.25) is 45.7 Å². The summed E-state index contributed by atoms with van der Waals surface area (Å²) in [5, 5.41) is 33.0. The summed E-state index contributed by atoms with van der Waals surface area (Å²) in [6.45, 7) is 27.5. The van der Waals surface area contributed by atoms with Gasteiger partial charge in [-0.25, -0.2) is 48.0 Å². The highest BCUT2D eigenvalue weighted by molar-refractivity contribution is 7.48. The van der Waals surface area contributed by atoms with Gasteiger partial charge < -0.3 is 28.4 Å². The van der Waals surface area contributed by atoms with Crippen LogP contribution in [0.15, 0.2) is 72.8 Å². The lowest BCUT2D eigenvalue weighted by Crippen LogP contribution is -2.49. The van der Waals surface area contributed by atoms with Gasteiger partial charge in [0.2, 0.25) is 17.9 Å². The quantitative estimate of drug-likeness (QED) is 0.0425. The molecule has 0 aromatic heterocycles. The number of alkyl carbamates (subject to hydrolysis) is 3. The SMILES string of the molecule is CC(C)(C)OC(=O)NC(=N)N(C(=O)OC(C)(C)C)c1cccc(COP(=O)(OCc2cccc(N(C(=N)NC(=O)OC(C)(C)C)C(=O)OC(C)(C)C)c2)OCc2cccc(N(C(=N)NC(=O)OC(C)(C)C)C(=O)OC(C)(C)C)c2)c1. The van der Waals surface area contributed by atoms with E-state index in [4.69, 9.17) is 58.2 Å². The molecule has 0 radical (unpaired) electrons. The van der Waals surface area contributed by atoms with Crippen molar-refractivity contribution in [3.05, 3.63) is 89.5 Å². The van der Waals surface area contributed by atoms with Gasteiger partial charge in [-0.05, 0) is 178 Å². The van der Waals surface area contributed by atoms with Crippen LogP contribution in [0.4, 0.5) is 45.8 Å². The van der Waals surface area contributed by atoms with Crippen LogP contribution in [-0.4, -0.2) is 88.0 Å². The van der Waals surface area contributed by atoms with Crippen molar-refractivity contribution in [1.29, 1.82) is 16.2 Å². The van der Waals surface area contributed by atoms with Crippen molar-refractivity contribution >= 4 is 79.3 Å². The Labute approximate surface area is 467 Å². The molecule has 3 aromatic rings. The molecule has 80 heavy (non-hydrogen) atoms. The van der Waals surface area contributed by atoms with E-state index in [-0.39, 0.29) is 33.8 Å². The van der Waals surface area contributed by atoms with Crippen LogP contribution in [0.1, 0.15) is 141 Å². The second-order valence-corrected chi connectivity index (χ2v) is 25.3. The molecule has 0 heterocycles. The minimum Gasteiger partial charge on any atom is -0.444 e. The number of phosphoric acid groups is 1. The molecule has 26 heteroatoms. The Morgan fingerprint density at radius 1 is 0.388 bits per heavy atom. The summed E-state index contributed by atoms with van der Waals surface area (Å²) in [6.07, 6.45) is -6.20. The van der Waals surface area contributed by atoms with E-state index >= 15 is 4.57 Å². The number of amides is 6. The lowest BCUT2D eigenvalue weighted by Gasteiger charge is -2.28. The van der Waals surface area contributed by atoms with Crippen LogP contribution >= 0.6 is 7.82 Å². The second kappa shape index (κ2) is 26.6. The standard InChI is InChI=1S/C54H78N9O16P/c1-49(2,3)74-43(64)58-40(55)61(46(67)77-52(10,11)12)37-25-19-22-34(28-37)31-71-80(70,72-32-35-23-20-26-38(29-35)62(47(68)78-53(13,14)15)41(56)59-44(65)75-50(4,5)6)73-33-36-24-21-27-39(30-36)63(48(69)79-54(16,17)18)42(57)60-45(66)76-51(7,8)9/h19-30H,31-33H2,1-18H3,(H2,55,58,64)(H2,56,59,65)(H2,57,60,66). The summed E-state index contributed by atoms with van der Waals surface area (Å²) < 4.78 is 65.6. The molecule has 0 atom stereocenters. The number of nitrogens with zero attached hydrogens (tertiary/aromatic N) is 3. The van der Waals surface area contributed by atoms with Crippen molar-refractivity contribution in [3.8, 4) is 0 Å². The first-order chi connectivity index (χ1) is 36.4. The molecule has 3 rings (SSSR count). The molecule has 3 aromatic carbocycles. The fraction of sp³-hybridized carbons (Fsp3) is 0.500. The summed E-state index contributed by atoms with van der Waals surface area (Å²) >= 11 is 0. The third-order valence-corrected chi connectivity index (χ3v) is 10.3. The number of hydrogen-bond donors (Lipinski definition) is 6. The predicted octanol–water partition coefficient (Wildman–Crippen LogP) is 12.3. The van der Waals surface area contributed by atoms with Crippen molar-refractivity contribution in [2.24, 2.45) is 0 Å². The van der Waals surface area contributed by atoms with Crippen LogP contribution in [0.5, 0.6) is 0 Å². The highest BCUT2D eigenvalue weighted by Gasteiger charge is 2.34. The van der Waals surface area contributed by atoms with E-state index in [9.17, 15) is 28.8 Å². The van der Waals surface area contributed by atoms with Gasteiger partial charge in [0.05, 0.1) is 36.9 Å². The number of carbonyl (C=O) groups excluding carboxylic acids is 6. The average Bonchev–Trinajstić information content (AvgIpc) is 3.24. The Morgan fingerprint density at radius 2 is 0.600 bits per heavy atom. The van der Waals surface area contributed by atoms with Crippen LogP contribution in [0.2, 0.25) is 0 Å². The van der Waals surface area contributed by atoms with Crippen molar-refractivity contribution in [2.75, 3.05) is 14.7 Å². The number of nitrogens with one attached hydrogen (secondary N) is 6. The Kier molecular flexibility index (Phi) is 22.1. The molecule has 0 spiro atoms. The molecule has 6 N–H and O–H groups in total. The zero-order valence-electron chi connectivity index (χ0n) is 48.9. The van der Waals surface area contributed by atoms with E-state index in [1.807, 2.05) is 0 Å². The van der Waals surface area contributed by atoms with E-state index in [1.54, 1.807) is 125 Å². The fourth-order valence-corrected chi connectivity index (χ4v) is 7.34. The van der Waals surface area contributed by atoms with Crippen LogP contribution in [0.25, 0.3) is 0 Å². The third-order valence-electron chi connectivity index (χ3n) is 8.93. The number of phosphoric ester groups is 1. The molecule has 0 aliphatic heterocycles. The van der Waals surface area contributed by atoms with E-state index < -0.39 is 116 Å². The monoisotopic (exact) mass is 1140 g/mol. The van der Waals surface area contributed by atoms with E-state index in [0.717, 1.165) is 14.7 Å². The molecule has 0 unspecified atom stereocenters. The summed E-state index contributed by atoms with van der Waals surface area (Å²) in [5.74, 6) is -2.18. The lowest BCUT2D eigenvalue weighted by atomic mass is 10.2. The average molecular weight is 1140 g/mol. The zero-order chi connectivity index (χ0) is 61.0. The van der Waals surface area contributed by atoms with Gasteiger partial charge in [0.1, 0.15) is 33.6 Å². The maximum absolute atomic E-state index is 15.0. The molecule has 440 valence electrons. The largest absolute Gasteiger partial charge is 0.475 e. The second-order valence-electron chi connectivity index (χ2n) is 23.7. The smallest absolute Gasteiger partial charge is 0.444 e. The molecule has 0 bridgehead atoms. The summed E-state index contributed by atoms with van der Waals surface area (Å²) in [5.41, 5.74) is -5.21. The van der Waals surface area contributed by atoms with Crippen molar-refractivity contribution < 1.29 is 75.3 Å². The minimum atomic E-state index is -4.81. The number of guanidine groups is 3. The van der Waals surface area contributed by atoms with Crippen molar-refractivity contribution in [1.82, 2.24) is 16.0 Å². The Bertz CT molecular complexity index is 2520. The normalized spacial score (nSPS) is 12.8. The molecule has 0 aliphatic carbocycles. The maximum atomic E-state index is 15.0. The molecule has 0 aliphatic rings. The topological polar surface area (TPSA) is 320 Å². The molecule has 6 amide bonds. The minimum absolute atomic E-state index is 0.00856. The number of ether oxygens (including phenoxy) is 6. The molecular formula is C54H78N9O16P.